The Morgan fingerprint density at radius 2 is 2.62 bits per heavy atom. The van der Waals surface area contributed by atoms with Gasteiger partial charge >= 0.3 is 0 Å². The Hall–Kier alpha value is 0.1000. The minimum absolute atomic E-state index is 0.300. The highest BCUT2D eigenvalue weighted by Crippen LogP contribution is 2.24. The van der Waals surface area contributed by atoms with Crippen molar-refractivity contribution in [3.63, 3.8) is 0 Å². The number of ether oxygens (including phenoxy) is 2. The minimum Gasteiger partial charge on any atom is -0.379 e. The zero-order valence-corrected chi connectivity index (χ0v) is 9.57. The van der Waals surface area contributed by atoms with Crippen LogP contribution < -0.4 is 0 Å². The first-order valence-corrected chi connectivity index (χ1v) is 5.95. The van der Waals surface area contributed by atoms with Crippen LogP contribution in [0.1, 0.15) is 11.3 Å². The SMILES string of the molecule is Brc1ccsc1COC1CCOC1. The van der Waals surface area contributed by atoms with Crippen molar-refractivity contribution in [3.05, 3.63) is 20.8 Å². The molecule has 0 bridgehead atoms. The van der Waals surface area contributed by atoms with Gasteiger partial charge in [0.15, 0.2) is 0 Å². The molecule has 2 rings (SSSR count). The van der Waals surface area contributed by atoms with Crippen molar-refractivity contribution in [2.45, 2.75) is 19.1 Å². The zero-order valence-electron chi connectivity index (χ0n) is 7.16. The second-order valence-corrected chi connectivity index (χ2v) is 4.84. The molecule has 4 heteroatoms. The molecule has 1 aromatic rings. The highest BCUT2D eigenvalue weighted by atomic mass is 79.9. The van der Waals surface area contributed by atoms with Crippen molar-refractivity contribution in [1.29, 1.82) is 0 Å². The molecule has 1 aliphatic heterocycles. The van der Waals surface area contributed by atoms with E-state index in [2.05, 4.69) is 27.4 Å². The molecule has 1 fully saturated rings. The first kappa shape index (κ1) is 9.65. The summed E-state index contributed by atoms with van der Waals surface area (Å²) in [5, 5.41) is 2.06. The lowest BCUT2D eigenvalue weighted by Gasteiger charge is -2.08. The molecule has 0 amide bonds. The average molecular weight is 263 g/mol. The normalized spacial score (nSPS) is 22.4. The summed E-state index contributed by atoms with van der Waals surface area (Å²) >= 11 is 5.20. The summed E-state index contributed by atoms with van der Waals surface area (Å²) in [5.74, 6) is 0. The van der Waals surface area contributed by atoms with Gasteiger partial charge in [-0.15, -0.1) is 11.3 Å². The third kappa shape index (κ3) is 2.53. The molecule has 2 nitrogen and oxygen atoms in total. The van der Waals surface area contributed by atoms with Crippen molar-refractivity contribution in [3.8, 4) is 0 Å². The largest absolute Gasteiger partial charge is 0.379 e. The molecule has 0 aromatic carbocycles. The Morgan fingerprint density at radius 3 is 3.23 bits per heavy atom. The Bertz CT molecular complexity index is 268. The fraction of sp³-hybridized carbons (Fsp3) is 0.556. The van der Waals surface area contributed by atoms with E-state index in [-0.39, 0.29) is 0 Å². The number of hydrogen-bond acceptors (Lipinski definition) is 3. The molecule has 1 aromatic heterocycles. The molecule has 1 atom stereocenters. The van der Waals surface area contributed by atoms with Gasteiger partial charge in [0.05, 0.1) is 19.3 Å². The van der Waals surface area contributed by atoms with E-state index in [0.717, 1.165) is 24.1 Å². The maximum absolute atomic E-state index is 5.68. The third-order valence-electron chi connectivity index (χ3n) is 2.03. The lowest BCUT2D eigenvalue weighted by molar-refractivity contribution is 0.0329. The Kier molecular flexibility index (Phi) is 3.38. The number of hydrogen-bond donors (Lipinski definition) is 0. The van der Waals surface area contributed by atoms with Crippen LogP contribution >= 0.6 is 27.3 Å². The molecule has 0 N–H and O–H groups in total. The van der Waals surface area contributed by atoms with E-state index in [1.165, 1.54) is 4.88 Å². The average Bonchev–Trinajstić information content (AvgIpc) is 2.72. The molecule has 1 unspecified atom stereocenters. The lowest BCUT2D eigenvalue weighted by Crippen LogP contribution is -2.11. The van der Waals surface area contributed by atoms with Gasteiger partial charge in [-0.3, -0.25) is 0 Å². The summed E-state index contributed by atoms with van der Waals surface area (Å²) in [6.45, 7) is 2.30. The lowest BCUT2D eigenvalue weighted by atomic mass is 10.3. The van der Waals surface area contributed by atoms with Gasteiger partial charge in [-0.1, -0.05) is 0 Å². The quantitative estimate of drug-likeness (QED) is 0.834. The Morgan fingerprint density at radius 1 is 1.69 bits per heavy atom. The molecular formula is C9H11BrO2S. The van der Waals surface area contributed by atoms with E-state index in [4.69, 9.17) is 9.47 Å². The molecule has 72 valence electrons. The standard InChI is InChI=1S/C9H11BrO2S/c10-8-2-4-13-9(8)6-12-7-1-3-11-5-7/h2,4,7H,1,3,5-6H2. The van der Waals surface area contributed by atoms with E-state index in [1.54, 1.807) is 11.3 Å². The smallest absolute Gasteiger partial charge is 0.0835 e. The van der Waals surface area contributed by atoms with Crippen LogP contribution in [0.3, 0.4) is 0 Å². The second-order valence-electron chi connectivity index (χ2n) is 2.99. The molecule has 0 saturated carbocycles. The van der Waals surface area contributed by atoms with Crippen molar-refractivity contribution in [2.24, 2.45) is 0 Å². The summed E-state index contributed by atoms with van der Waals surface area (Å²) in [6.07, 6.45) is 1.33. The van der Waals surface area contributed by atoms with Gasteiger partial charge in [0.1, 0.15) is 0 Å². The molecule has 0 radical (unpaired) electrons. The van der Waals surface area contributed by atoms with Crippen LogP contribution in [-0.4, -0.2) is 19.3 Å². The van der Waals surface area contributed by atoms with Gasteiger partial charge < -0.3 is 9.47 Å². The molecule has 1 aliphatic rings. The van der Waals surface area contributed by atoms with Crippen molar-refractivity contribution >= 4 is 27.3 Å². The summed E-state index contributed by atoms with van der Waals surface area (Å²) in [4.78, 5) is 1.26. The van der Waals surface area contributed by atoms with Crippen LogP contribution in [0.4, 0.5) is 0 Å². The molecule has 0 aliphatic carbocycles. The van der Waals surface area contributed by atoms with Crippen LogP contribution in [0.25, 0.3) is 0 Å². The fourth-order valence-electron chi connectivity index (χ4n) is 1.27. The van der Waals surface area contributed by atoms with E-state index >= 15 is 0 Å². The van der Waals surface area contributed by atoms with Crippen molar-refractivity contribution in [1.82, 2.24) is 0 Å². The summed E-state index contributed by atoms with van der Waals surface area (Å²) in [5.41, 5.74) is 0. The first-order chi connectivity index (χ1) is 6.36. The Balaban J connectivity index is 1.82. The fourth-order valence-corrected chi connectivity index (χ4v) is 2.65. The summed E-state index contributed by atoms with van der Waals surface area (Å²) in [6, 6.07) is 2.05. The van der Waals surface area contributed by atoms with Gasteiger partial charge in [0.2, 0.25) is 0 Å². The zero-order chi connectivity index (χ0) is 9.10. The van der Waals surface area contributed by atoms with Crippen molar-refractivity contribution < 1.29 is 9.47 Å². The summed E-state index contributed by atoms with van der Waals surface area (Å²) < 4.78 is 12.1. The molecule has 2 heterocycles. The minimum atomic E-state index is 0.300. The van der Waals surface area contributed by atoms with Crippen LogP contribution in [-0.2, 0) is 16.1 Å². The van der Waals surface area contributed by atoms with Gasteiger partial charge in [0.25, 0.3) is 0 Å². The van der Waals surface area contributed by atoms with Gasteiger partial charge in [0, 0.05) is 16.0 Å². The van der Waals surface area contributed by atoms with Crippen LogP contribution in [0.15, 0.2) is 15.9 Å². The first-order valence-electron chi connectivity index (χ1n) is 4.27. The predicted molar refractivity (Wildman–Crippen MR) is 56.0 cm³/mol. The van der Waals surface area contributed by atoms with E-state index in [1.807, 2.05) is 0 Å². The highest BCUT2D eigenvalue weighted by Gasteiger charge is 2.16. The molecule has 1 saturated heterocycles. The summed E-state index contributed by atoms with van der Waals surface area (Å²) in [7, 11) is 0. The van der Waals surface area contributed by atoms with E-state index in [9.17, 15) is 0 Å². The van der Waals surface area contributed by atoms with Crippen LogP contribution in [0.2, 0.25) is 0 Å². The van der Waals surface area contributed by atoms with Crippen LogP contribution in [0.5, 0.6) is 0 Å². The highest BCUT2D eigenvalue weighted by molar-refractivity contribution is 9.10. The number of halogens is 1. The molecule has 0 spiro atoms. The monoisotopic (exact) mass is 262 g/mol. The van der Waals surface area contributed by atoms with Gasteiger partial charge in [-0.25, -0.2) is 0 Å². The third-order valence-corrected chi connectivity index (χ3v) is 3.93. The number of rotatable bonds is 3. The maximum Gasteiger partial charge on any atom is 0.0835 e. The predicted octanol–water partition coefficient (Wildman–Crippen LogP) is 2.82. The van der Waals surface area contributed by atoms with Gasteiger partial charge in [-0.2, -0.15) is 0 Å². The topological polar surface area (TPSA) is 18.5 Å². The number of thiophene rings is 1. The van der Waals surface area contributed by atoms with E-state index in [0.29, 0.717) is 12.7 Å². The molecule has 13 heavy (non-hydrogen) atoms. The Labute approximate surface area is 90.0 Å². The van der Waals surface area contributed by atoms with E-state index < -0.39 is 0 Å². The maximum atomic E-state index is 5.68. The van der Waals surface area contributed by atoms with Crippen LogP contribution in [0, 0.1) is 0 Å². The van der Waals surface area contributed by atoms with Gasteiger partial charge in [-0.05, 0) is 33.8 Å². The van der Waals surface area contributed by atoms with Crippen molar-refractivity contribution in [2.75, 3.05) is 13.2 Å². The second kappa shape index (κ2) is 4.55. The molecular weight excluding hydrogens is 252 g/mol.